The van der Waals surface area contributed by atoms with Gasteiger partial charge in [-0.05, 0) is 26.0 Å². The molecular weight excluding hydrogens is 344 g/mol. The first kappa shape index (κ1) is 19.6. The highest BCUT2D eigenvalue weighted by Crippen LogP contribution is 2.34. The molecule has 1 aliphatic heterocycles. The van der Waals surface area contributed by atoms with Crippen molar-refractivity contribution in [2.75, 3.05) is 13.7 Å². The van der Waals surface area contributed by atoms with Crippen LogP contribution in [-0.2, 0) is 28.8 Å². The molecule has 138 valence electrons. The van der Waals surface area contributed by atoms with Crippen molar-refractivity contribution < 1.29 is 27.4 Å². The van der Waals surface area contributed by atoms with Gasteiger partial charge in [0.2, 0.25) is 0 Å². The van der Waals surface area contributed by atoms with Crippen molar-refractivity contribution in [3.8, 4) is 0 Å². The fourth-order valence-electron chi connectivity index (χ4n) is 2.96. The van der Waals surface area contributed by atoms with E-state index in [0.29, 0.717) is 0 Å². The standard InChI is InChI=1S/C18H24O6S/c1-5-16(25(20,21)13-9-7-6-8-10-13)14(11-17(19)22-4)15-12-23-18(2,3)24-15/h5-10,14-16H,1,11-12H2,2-4H3/t14-,15+,16+/m0/s1. The molecule has 0 spiro atoms. The van der Waals surface area contributed by atoms with Crippen LogP contribution in [0.1, 0.15) is 20.3 Å². The number of esters is 1. The van der Waals surface area contributed by atoms with Crippen LogP contribution < -0.4 is 0 Å². The van der Waals surface area contributed by atoms with Gasteiger partial charge in [0.05, 0.1) is 36.4 Å². The highest BCUT2D eigenvalue weighted by atomic mass is 32.2. The number of hydrogen-bond donors (Lipinski definition) is 0. The van der Waals surface area contributed by atoms with Crippen LogP contribution in [0.4, 0.5) is 0 Å². The summed E-state index contributed by atoms with van der Waals surface area (Å²) in [7, 11) is -2.47. The normalized spacial score (nSPS) is 22.1. The number of ether oxygens (including phenoxy) is 3. The summed E-state index contributed by atoms with van der Waals surface area (Å²) in [6, 6.07) is 8.10. The molecule has 1 aromatic carbocycles. The quantitative estimate of drug-likeness (QED) is 0.543. The van der Waals surface area contributed by atoms with Crippen LogP contribution in [0, 0.1) is 5.92 Å². The Balaban J connectivity index is 2.39. The van der Waals surface area contributed by atoms with E-state index in [4.69, 9.17) is 14.2 Å². The van der Waals surface area contributed by atoms with Crippen LogP contribution in [-0.4, -0.2) is 45.2 Å². The summed E-state index contributed by atoms with van der Waals surface area (Å²) in [6.07, 6.45) is 0.684. The summed E-state index contributed by atoms with van der Waals surface area (Å²) in [5.74, 6) is -2.01. The first-order chi connectivity index (χ1) is 11.7. The number of hydrogen-bond acceptors (Lipinski definition) is 6. The first-order valence-corrected chi connectivity index (χ1v) is 9.56. The second-order valence-corrected chi connectivity index (χ2v) is 8.48. The molecule has 1 heterocycles. The van der Waals surface area contributed by atoms with Gasteiger partial charge < -0.3 is 14.2 Å². The van der Waals surface area contributed by atoms with Gasteiger partial charge in [-0.1, -0.05) is 24.3 Å². The van der Waals surface area contributed by atoms with E-state index < -0.39 is 38.9 Å². The molecule has 0 unspecified atom stereocenters. The molecule has 2 rings (SSSR count). The van der Waals surface area contributed by atoms with Gasteiger partial charge in [-0.3, -0.25) is 4.79 Å². The highest BCUT2D eigenvalue weighted by molar-refractivity contribution is 7.92. The third-order valence-corrected chi connectivity index (χ3v) is 6.41. The van der Waals surface area contributed by atoms with Gasteiger partial charge in [-0.25, -0.2) is 8.42 Å². The summed E-state index contributed by atoms with van der Waals surface area (Å²) >= 11 is 0. The second kappa shape index (κ2) is 7.68. The number of methoxy groups -OCH3 is 1. The molecule has 1 fully saturated rings. The Kier molecular flexibility index (Phi) is 6.03. The Hall–Kier alpha value is -1.70. The smallest absolute Gasteiger partial charge is 0.305 e. The predicted molar refractivity (Wildman–Crippen MR) is 92.6 cm³/mol. The minimum Gasteiger partial charge on any atom is -0.469 e. The SMILES string of the molecule is C=C[C@H]([C@@H](CC(=O)OC)[C@H]1COC(C)(C)O1)S(=O)(=O)c1ccccc1. The number of benzene rings is 1. The maximum absolute atomic E-state index is 13.1. The molecule has 25 heavy (non-hydrogen) atoms. The van der Waals surface area contributed by atoms with E-state index in [9.17, 15) is 13.2 Å². The first-order valence-electron chi connectivity index (χ1n) is 8.01. The molecule has 1 saturated heterocycles. The lowest BCUT2D eigenvalue weighted by Gasteiger charge is -2.28. The number of rotatable bonds is 7. The van der Waals surface area contributed by atoms with Crippen molar-refractivity contribution >= 4 is 15.8 Å². The van der Waals surface area contributed by atoms with E-state index in [1.807, 2.05) is 0 Å². The molecule has 0 N–H and O–H groups in total. The fraction of sp³-hybridized carbons (Fsp3) is 0.500. The Morgan fingerprint density at radius 2 is 2.04 bits per heavy atom. The van der Waals surface area contributed by atoms with Crippen molar-refractivity contribution in [1.82, 2.24) is 0 Å². The zero-order valence-corrected chi connectivity index (χ0v) is 15.5. The van der Waals surface area contributed by atoms with E-state index in [-0.39, 0.29) is 17.9 Å². The Morgan fingerprint density at radius 3 is 2.52 bits per heavy atom. The molecule has 0 aromatic heterocycles. The highest BCUT2D eigenvalue weighted by Gasteiger charge is 2.44. The maximum atomic E-state index is 13.1. The number of sulfone groups is 1. The monoisotopic (exact) mass is 368 g/mol. The van der Waals surface area contributed by atoms with Gasteiger partial charge in [-0.15, -0.1) is 6.58 Å². The molecule has 0 saturated carbocycles. The molecular formula is C18H24O6S. The Morgan fingerprint density at radius 1 is 1.40 bits per heavy atom. The predicted octanol–water partition coefficient (Wildman–Crippen LogP) is 2.35. The molecule has 0 amide bonds. The van der Waals surface area contributed by atoms with Crippen LogP contribution in [0.15, 0.2) is 47.9 Å². The molecule has 0 aliphatic carbocycles. The van der Waals surface area contributed by atoms with Crippen LogP contribution in [0.3, 0.4) is 0 Å². The summed E-state index contributed by atoms with van der Waals surface area (Å²) in [6.45, 7) is 7.38. The zero-order chi connectivity index (χ0) is 18.7. The average Bonchev–Trinajstić information content (AvgIpc) is 2.94. The van der Waals surface area contributed by atoms with Crippen LogP contribution >= 0.6 is 0 Å². The van der Waals surface area contributed by atoms with Gasteiger partial charge in [0, 0.05) is 5.92 Å². The van der Waals surface area contributed by atoms with Crippen LogP contribution in [0.5, 0.6) is 0 Å². The van der Waals surface area contributed by atoms with E-state index in [0.717, 1.165) is 0 Å². The molecule has 0 radical (unpaired) electrons. The van der Waals surface area contributed by atoms with Gasteiger partial charge in [0.25, 0.3) is 0 Å². The average molecular weight is 368 g/mol. The summed E-state index contributed by atoms with van der Waals surface area (Å²) < 4.78 is 42.3. The summed E-state index contributed by atoms with van der Waals surface area (Å²) in [5.41, 5.74) is 0. The Labute approximate surface area is 148 Å². The van der Waals surface area contributed by atoms with Crippen LogP contribution in [0.2, 0.25) is 0 Å². The minimum absolute atomic E-state index is 0.108. The maximum Gasteiger partial charge on any atom is 0.305 e. The molecule has 1 aromatic rings. The number of carbonyl (C=O) groups excluding carboxylic acids is 1. The molecule has 6 nitrogen and oxygen atoms in total. The molecule has 0 bridgehead atoms. The van der Waals surface area contributed by atoms with Gasteiger partial charge in [0.15, 0.2) is 15.6 Å². The zero-order valence-electron chi connectivity index (χ0n) is 14.7. The minimum atomic E-state index is -3.74. The van der Waals surface area contributed by atoms with E-state index in [1.165, 1.54) is 25.3 Å². The van der Waals surface area contributed by atoms with Gasteiger partial charge >= 0.3 is 5.97 Å². The third-order valence-electron chi connectivity index (χ3n) is 4.22. The molecule has 7 heteroatoms. The molecule has 3 atom stereocenters. The van der Waals surface area contributed by atoms with Crippen molar-refractivity contribution in [2.45, 2.75) is 42.3 Å². The lowest BCUT2D eigenvalue weighted by molar-refractivity contribution is -0.152. The molecule has 1 aliphatic rings. The Bertz CT molecular complexity index is 710. The van der Waals surface area contributed by atoms with E-state index in [2.05, 4.69) is 6.58 Å². The summed E-state index contributed by atoms with van der Waals surface area (Å²) in [5, 5.41) is -1.00. The largest absolute Gasteiger partial charge is 0.469 e. The third kappa shape index (κ3) is 4.48. The summed E-state index contributed by atoms with van der Waals surface area (Å²) in [4.78, 5) is 12.1. The second-order valence-electron chi connectivity index (χ2n) is 6.37. The van der Waals surface area contributed by atoms with Crippen molar-refractivity contribution in [3.05, 3.63) is 43.0 Å². The van der Waals surface area contributed by atoms with E-state index >= 15 is 0 Å². The topological polar surface area (TPSA) is 78.9 Å². The lowest BCUT2D eigenvalue weighted by Crippen LogP contribution is -2.40. The van der Waals surface area contributed by atoms with Crippen molar-refractivity contribution in [2.24, 2.45) is 5.92 Å². The number of carbonyl (C=O) groups is 1. The van der Waals surface area contributed by atoms with E-state index in [1.54, 1.807) is 32.0 Å². The van der Waals surface area contributed by atoms with Gasteiger partial charge in [-0.2, -0.15) is 0 Å². The van der Waals surface area contributed by atoms with Crippen LogP contribution in [0.25, 0.3) is 0 Å². The van der Waals surface area contributed by atoms with Gasteiger partial charge in [0.1, 0.15) is 0 Å². The fourth-order valence-corrected chi connectivity index (χ4v) is 4.80. The lowest BCUT2D eigenvalue weighted by atomic mass is 9.94. The van der Waals surface area contributed by atoms with Crippen molar-refractivity contribution in [1.29, 1.82) is 0 Å². The van der Waals surface area contributed by atoms with Crippen molar-refractivity contribution in [3.63, 3.8) is 0 Å².